The average Bonchev–Trinajstić information content (AvgIpc) is 2.86. The Morgan fingerprint density at radius 3 is 2.63 bits per heavy atom. The first kappa shape index (κ1) is 14.2. The van der Waals surface area contributed by atoms with Crippen molar-refractivity contribution in [3.63, 3.8) is 0 Å². The summed E-state index contributed by atoms with van der Waals surface area (Å²) in [5.41, 5.74) is 1.31. The van der Waals surface area contributed by atoms with Gasteiger partial charge < -0.3 is 5.32 Å². The Labute approximate surface area is 119 Å². The molecule has 0 aliphatic heterocycles. The van der Waals surface area contributed by atoms with Gasteiger partial charge in [0, 0.05) is 35.4 Å². The summed E-state index contributed by atoms with van der Waals surface area (Å²) in [5.74, 6) is 0.411. The van der Waals surface area contributed by atoms with E-state index < -0.39 is 0 Å². The predicted octanol–water partition coefficient (Wildman–Crippen LogP) is 3.69. The fraction of sp³-hybridized carbons (Fsp3) is 0.467. The molecule has 2 aromatic heterocycles. The molecule has 0 aromatic carbocycles. The molecule has 2 unspecified atom stereocenters. The van der Waals surface area contributed by atoms with Crippen molar-refractivity contribution in [2.75, 3.05) is 6.54 Å². The van der Waals surface area contributed by atoms with Gasteiger partial charge in [-0.1, -0.05) is 13.8 Å². The van der Waals surface area contributed by atoms with Crippen LogP contribution in [0, 0.1) is 6.92 Å². The van der Waals surface area contributed by atoms with E-state index in [0.29, 0.717) is 12.0 Å². The van der Waals surface area contributed by atoms with Gasteiger partial charge in [-0.05, 0) is 37.6 Å². The number of hydrogen-bond acceptors (Lipinski definition) is 4. The summed E-state index contributed by atoms with van der Waals surface area (Å²) in [6, 6.07) is 4.52. The van der Waals surface area contributed by atoms with Gasteiger partial charge in [-0.2, -0.15) is 0 Å². The molecular weight excluding hydrogens is 254 g/mol. The predicted molar refractivity (Wildman–Crippen MR) is 80.5 cm³/mol. The summed E-state index contributed by atoms with van der Waals surface area (Å²) in [4.78, 5) is 9.80. The van der Waals surface area contributed by atoms with Crippen molar-refractivity contribution in [1.82, 2.24) is 15.3 Å². The van der Waals surface area contributed by atoms with Crippen molar-refractivity contribution in [3.8, 4) is 0 Å². The van der Waals surface area contributed by atoms with Crippen LogP contribution >= 0.6 is 11.3 Å². The van der Waals surface area contributed by atoms with Gasteiger partial charge in [-0.15, -0.1) is 11.3 Å². The maximum atomic E-state index is 4.39. The molecule has 3 nitrogen and oxygen atoms in total. The minimum atomic E-state index is 0.327. The highest BCUT2D eigenvalue weighted by Crippen LogP contribution is 2.33. The first-order valence-electron chi connectivity index (χ1n) is 6.78. The third-order valence-corrected chi connectivity index (χ3v) is 4.29. The van der Waals surface area contributed by atoms with E-state index in [0.717, 1.165) is 18.0 Å². The van der Waals surface area contributed by atoms with Crippen LogP contribution in [0.4, 0.5) is 0 Å². The SMILES string of the molecule is CCCNC(c1cnc(C)s1)C(C)c1ccncc1. The zero-order valence-electron chi connectivity index (χ0n) is 11.8. The van der Waals surface area contributed by atoms with E-state index in [1.54, 1.807) is 11.3 Å². The molecule has 102 valence electrons. The van der Waals surface area contributed by atoms with E-state index in [1.807, 2.05) is 18.6 Å². The lowest BCUT2D eigenvalue weighted by Gasteiger charge is -2.24. The molecule has 4 heteroatoms. The molecule has 0 radical (unpaired) electrons. The summed E-state index contributed by atoms with van der Waals surface area (Å²) in [7, 11) is 0. The highest BCUT2D eigenvalue weighted by atomic mass is 32.1. The normalized spacial score (nSPS) is 14.3. The van der Waals surface area contributed by atoms with Gasteiger partial charge in [0.1, 0.15) is 0 Å². The Balaban J connectivity index is 2.22. The summed E-state index contributed by atoms with van der Waals surface area (Å²) in [6.45, 7) is 7.54. The second kappa shape index (κ2) is 6.78. The molecule has 0 aliphatic rings. The molecular formula is C15H21N3S. The van der Waals surface area contributed by atoms with Gasteiger partial charge in [0.05, 0.1) is 5.01 Å². The van der Waals surface area contributed by atoms with E-state index in [1.165, 1.54) is 10.4 Å². The Morgan fingerprint density at radius 2 is 2.05 bits per heavy atom. The van der Waals surface area contributed by atoms with Crippen LogP contribution in [0.2, 0.25) is 0 Å². The number of rotatable bonds is 6. The highest BCUT2D eigenvalue weighted by molar-refractivity contribution is 7.11. The van der Waals surface area contributed by atoms with Gasteiger partial charge in [0.2, 0.25) is 0 Å². The van der Waals surface area contributed by atoms with Crippen molar-refractivity contribution in [2.24, 2.45) is 0 Å². The van der Waals surface area contributed by atoms with Crippen LogP contribution < -0.4 is 5.32 Å². The van der Waals surface area contributed by atoms with Gasteiger partial charge in [0.25, 0.3) is 0 Å². The van der Waals surface area contributed by atoms with E-state index in [9.17, 15) is 0 Å². The second-order valence-electron chi connectivity index (χ2n) is 4.78. The third-order valence-electron chi connectivity index (χ3n) is 3.29. The number of thiazole rings is 1. The van der Waals surface area contributed by atoms with Gasteiger partial charge >= 0.3 is 0 Å². The lowest BCUT2D eigenvalue weighted by Crippen LogP contribution is -2.26. The van der Waals surface area contributed by atoms with Gasteiger partial charge in [0.15, 0.2) is 0 Å². The zero-order valence-corrected chi connectivity index (χ0v) is 12.6. The highest BCUT2D eigenvalue weighted by Gasteiger charge is 2.22. The van der Waals surface area contributed by atoms with Crippen LogP contribution in [-0.2, 0) is 0 Å². The van der Waals surface area contributed by atoms with Crippen LogP contribution in [0.5, 0.6) is 0 Å². The van der Waals surface area contributed by atoms with E-state index in [2.05, 4.69) is 48.2 Å². The third kappa shape index (κ3) is 3.61. The molecule has 2 aromatic rings. The Hall–Kier alpha value is -1.26. The van der Waals surface area contributed by atoms with Crippen molar-refractivity contribution in [3.05, 3.63) is 46.2 Å². The molecule has 0 saturated carbocycles. The fourth-order valence-electron chi connectivity index (χ4n) is 2.20. The molecule has 0 saturated heterocycles. The maximum Gasteiger partial charge on any atom is 0.0897 e. The minimum Gasteiger partial charge on any atom is -0.309 e. The topological polar surface area (TPSA) is 37.8 Å². The van der Waals surface area contributed by atoms with Crippen molar-refractivity contribution in [2.45, 2.75) is 39.2 Å². The van der Waals surface area contributed by atoms with Crippen molar-refractivity contribution < 1.29 is 0 Å². The standard InChI is InChI=1S/C15H21N3S/c1-4-7-17-15(14-10-18-12(3)19-14)11(2)13-5-8-16-9-6-13/h5-6,8-11,15,17H,4,7H2,1-3H3. The lowest BCUT2D eigenvalue weighted by atomic mass is 9.93. The van der Waals surface area contributed by atoms with Gasteiger partial charge in [-0.25, -0.2) is 4.98 Å². The van der Waals surface area contributed by atoms with Crippen LogP contribution in [0.25, 0.3) is 0 Å². The number of hydrogen-bond donors (Lipinski definition) is 1. The molecule has 2 atom stereocenters. The Kier molecular flexibility index (Phi) is 5.05. The summed E-state index contributed by atoms with van der Waals surface area (Å²) < 4.78 is 0. The molecule has 19 heavy (non-hydrogen) atoms. The van der Waals surface area contributed by atoms with E-state index >= 15 is 0 Å². The number of aromatic nitrogens is 2. The van der Waals surface area contributed by atoms with Crippen LogP contribution in [0.15, 0.2) is 30.7 Å². The largest absolute Gasteiger partial charge is 0.309 e. The maximum absolute atomic E-state index is 4.39. The van der Waals surface area contributed by atoms with Crippen LogP contribution in [-0.4, -0.2) is 16.5 Å². The average molecular weight is 275 g/mol. The van der Waals surface area contributed by atoms with E-state index in [-0.39, 0.29) is 0 Å². The first-order chi connectivity index (χ1) is 9.22. The number of nitrogens with one attached hydrogen (secondary N) is 1. The summed E-state index contributed by atoms with van der Waals surface area (Å²) in [5, 5.41) is 4.77. The molecule has 1 N–H and O–H groups in total. The van der Waals surface area contributed by atoms with Gasteiger partial charge in [-0.3, -0.25) is 4.98 Å². The Morgan fingerprint density at radius 1 is 1.32 bits per heavy atom. The molecule has 0 aliphatic carbocycles. The van der Waals surface area contributed by atoms with Crippen LogP contribution in [0.3, 0.4) is 0 Å². The molecule has 0 amide bonds. The van der Waals surface area contributed by atoms with Crippen LogP contribution in [0.1, 0.15) is 47.7 Å². The molecule has 0 fully saturated rings. The number of nitrogens with zero attached hydrogens (tertiary/aromatic N) is 2. The van der Waals surface area contributed by atoms with Crippen molar-refractivity contribution >= 4 is 11.3 Å². The zero-order chi connectivity index (χ0) is 13.7. The lowest BCUT2D eigenvalue weighted by molar-refractivity contribution is 0.472. The molecule has 0 bridgehead atoms. The first-order valence-corrected chi connectivity index (χ1v) is 7.59. The fourth-order valence-corrected chi connectivity index (χ4v) is 3.17. The Bertz CT molecular complexity index is 495. The minimum absolute atomic E-state index is 0.327. The molecule has 0 spiro atoms. The second-order valence-corrected chi connectivity index (χ2v) is 6.05. The summed E-state index contributed by atoms with van der Waals surface area (Å²) >= 11 is 1.78. The smallest absolute Gasteiger partial charge is 0.0897 e. The van der Waals surface area contributed by atoms with Crippen molar-refractivity contribution in [1.29, 1.82) is 0 Å². The van der Waals surface area contributed by atoms with E-state index in [4.69, 9.17) is 0 Å². The monoisotopic (exact) mass is 275 g/mol. The quantitative estimate of drug-likeness (QED) is 0.873. The molecule has 2 rings (SSSR count). The number of pyridine rings is 1. The molecule has 2 heterocycles. The summed E-state index contributed by atoms with van der Waals surface area (Å²) in [6.07, 6.45) is 6.86. The number of aryl methyl sites for hydroxylation is 1.